The van der Waals surface area contributed by atoms with Crippen molar-refractivity contribution in [3.05, 3.63) is 29.6 Å². The molecule has 0 saturated heterocycles. The minimum Gasteiger partial charge on any atom is -0.269 e. The Labute approximate surface area is 92.2 Å². The van der Waals surface area contributed by atoms with Crippen LogP contribution in [-0.2, 0) is 0 Å². The van der Waals surface area contributed by atoms with E-state index in [4.69, 9.17) is 0 Å². The smallest absolute Gasteiger partial charge is 0.142 e. The first kappa shape index (κ1) is 29.3. The fraction of sp³-hybridized carbons (Fsp3) is 0. The van der Waals surface area contributed by atoms with Crippen molar-refractivity contribution in [2.75, 3.05) is 0 Å². The van der Waals surface area contributed by atoms with Crippen molar-refractivity contribution in [1.82, 2.24) is 0 Å². The molecule has 0 bridgehead atoms. The van der Waals surface area contributed by atoms with E-state index in [2.05, 4.69) is 12.6 Å². The van der Waals surface area contributed by atoms with E-state index in [0.717, 1.165) is 0 Å². The van der Waals surface area contributed by atoms with Gasteiger partial charge in [-0.3, -0.25) is 18.8 Å². The van der Waals surface area contributed by atoms with Crippen LogP contribution in [0.2, 0.25) is 0 Å². The van der Waals surface area contributed by atoms with E-state index < -0.39 is 22.3 Å². The zero-order valence-electron chi connectivity index (χ0n) is 6.78. The maximum atomic E-state index is 12.3. The second kappa shape index (κ2) is 11.4. The fourth-order valence-corrected chi connectivity index (χ4v) is 0.664. The van der Waals surface area contributed by atoms with Gasteiger partial charge in [0.15, 0.2) is 0 Å². The van der Waals surface area contributed by atoms with Crippen LogP contribution in [0.3, 0.4) is 0 Å². The number of rotatable bonds is 0. The molecule has 1 aromatic rings. The average molecular weight is 281 g/mol. The van der Waals surface area contributed by atoms with E-state index >= 15 is 0 Å². The second-order valence-corrected chi connectivity index (χ2v) is 2.17. The third kappa shape index (κ3) is 7.32. The molecule has 1 rings (SSSR count). The van der Waals surface area contributed by atoms with Crippen LogP contribution < -0.4 is 0 Å². The molecule has 0 aromatic heterocycles. The quantitative estimate of drug-likeness (QED) is 0.546. The summed E-state index contributed by atoms with van der Waals surface area (Å²) in [4.78, 5) is -0.457. The summed E-state index contributed by atoms with van der Waals surface area (Å²) in [7, 11) is 0. The lowest BCUT2D eigenvalue weighted by molar-refractivity contribution is 0.511. The largest absolute Gasteiger partial charge is 0.269 e. The molecule has 0 radical (unpaired) electrons. The Kier molecular flexibility index (Phi) is 22.3. The van der Waals surface area contributed by atoms with Gasteiger partial charge in [0.1, 0.15) is 17.5 Å². The van der Waals surface area contributed by atoms with E-state index in [1.165, 1.54) is 0 Å². The normalized spacial score (nSPS) is 6.67. The highest BCUT2D eigenvalue weighted by Gasteiger charge is 2.06. The zero-order valence-corrected chi connectivity index (χ0v) is 8.49. The summed E-state index contributed by atoms with van der Waals surface area (Å²) in [5.41, 5.74) is 0. The standard InChI is InChI=1S/C6H3F3S.ClH.4FH/c7-3-1-4(8)6(10)5(9)2-3;;;;;/h1-2,10H;5*1H. The van der Waals surface area contributed by atoms with Gasteiger partial charge in [0.25, 0.3) is 0 Å². The van der Waals surface area contributed by atoms with Gasteiger partial charge in [-0.05, 0) is 0 Å². The Hall–Kier alpha value is -0.630. The molecule has 0 heterocycles. The molecule has 1 aromatic carbocycles. The molecular weight excluding hydrogens is 273 g/mol. The molecule has 9 heteroatoms. The SMILES string of the molecule is Cl.F.F.F.F.Fc1cc(F)c(S)c(F)c1. The van der Waals surface area contributed by atoms with Gasteiger partial charge in [-0.15, -0.1) is 25.0 Å². The Bertz CT molecular complexity index is 247. The number of halogens is 8. The van der Waals surface area contributed by atoms with Gasteiger partial charge >= 0.3 is 0 Å². The van der Waals surface area contributed by atoms with Gasteiger partial charge in [0.05, 0.1) is 4.90 Å². The maximum Gasteiger partial charge on any atom is 0.142 e. The first-order valence-corrected chi connectivity index (χ1v) is 2.89. The third-order valence-electron chi connectivity index (χ3n) is 0.982. The molecule has 0 atom stereocenters. The Morgan fingerprint density at radius 3 is 1.33 bits per heavy atom. The molecule has 0 amide bonds. The lowest BCUT2D eigenvalue weighted by atomic mass is 10.3. The van der Waals surface area contributed by atoms with E-state index in [1.54, 1.807) is 0 Å². The molecule has 94 valence electrons. The summed E-state index contributed by atoms with van der Waals surface area (Å²) in [6.45, 7) is 0. The van der Waals surface area contributed by atoms with Crippen molar-refractivity contribution in [2.24, 2.45) is 0 Å². The summed E-state index contributed by atoms with van der Waals surface area (Å²) < 4.78 is 36.7. The zero-order chi connectivity index (χ0) is 7.72. The highest BCUT2D eigenvalue weighted by molar-refractivity contribution is 7.80. The lowest BCUT2D eigenvalue weighted by Crippen LogP contribution is -1.86. The van der Waals surface area contributed by atoms with Gasteiger partial charge in [0, 0.05) is 12.1 Å². The van der Waals surface area contributed by atoms with Gasteiger partial charge < -0.3 is 0 Å². The number of hydrogen-bond acceptors (Lipinski definition) is 1. The second-order valence-electron chi connectivity index (χ2n) is 1.72. The van der Waals surface area contributed by atoms with Crippen molar-refractivity contribution in [3.63, 3.8) is 0 Å². The van der Waals surface area contributed by atoms with Crippen LogP contribution in [0.25, 0.3) is 0 Å². The van der Waals surface area contributed by atoms with Crippen LogP contribution in [0.5, 0.6) is 0 Å². The predicted molar refractivity (Wildman–Crippen MR) is 50.8 cm³/mol. The molecular formula is C6H8ClF7S. The van der Waals surface area contributed by atoms with Crippen LogP contribution in [0.4, 0.5) is 32.0 Å². The van der Waals surface area contributed by atoms with Crippen LogP contribution in [0, 0.1) is 17.5 Å². The van der Waals surface area contributed by atoms with Crippen molar-refractivity contribution in [1.29, 1.82) is 0 Å². The highest BCUT2D eigenvalue weighted by atomic mass is 35.5. The van der Waals surface area contributed by atoms with Crippen molar-refractivity contribution < 1.29 is 32.0 Å². The Morgan fingerprint density at radius 1 is 0.800 bits per heavy atom. The van der Waals surface area contributed by atoms with Gasteiger partial charge in [0.2, 0.25) is 0 Å². The lowest BCUT2D eigenvalue weighted by Gasteiger charge is -1.95. The Morgan fingerprint density at radius 2 is 1.07 bits per heavy atom. The molecule has 0 saturated carbocycles. The molecule has 0 N–H and O–H groups in total. The van der Waals surface area contributed by atoms with Crippen molar-refractivity contribution >= 4 is 25.0 Å². The minimum atomic E-state index is -0.985. The minimum absolute atomic E-state index is 0. The summed E-state index contributed by atoms with van der Waals surface area (Å²) in [6, 6.07) is 1.15. The van der Waals surface area contributed by atoms with Crippen molar-refractivity contribution in [3.8, 4) is 0 Å². The van der Waals surface area contributed by atoms with E-state index in [-0.39, 0.29) is 31.2 Å². The summed E-state index contributed by atoms with van der Waals surface area (Å²) in [5, 5.41) is 0. The van der Waals surface area contributed by atoms with Crippen LogP contribution in [0.15, 0.2) is 17.0 Å². The average Bonchev–Trinajstić information content (AvgIpc) is 1.82. The van der Waals surface area contributed by atoms with E-state index in [9.17, 15) is 13.2 Å². The molecule has 0 aliphatic rings. The third-order valence-corrected chi connectivity index (χ3v) is 1.41. The molecule has 0 aliphatic heterocycles. The molecule has 0 nitrogen and oxygen atoms in total. The molecule has 0 unspecified atom stereocenters. The first-order chi connectivity index (χ1) is 4.61. The first-order valence-electron chi connectivity index (χ1n) is 2.45. The van der Waals surface area contributed by atoms with E-state index in [0.29, 0.717) is 12.1 Å². The summed E-state index contributed by atoms with van der Waals surface area (Å²) in [5.74, 6) is -2.91. The summed E-state index contributed by atoms with van der Waals surface area (Å²) in [6.07, 6.45) is 0. The fourth-order valence-electron chi connectivity index (χ4n) is 0.535. The topological polar surface area (TPSA) is 0 Å². The summed E-state index contributed by atoms with van der Waals surface area (Å²) >= 11 is 3.44. The number of thiol groups is 1. The van der Waals surface area contributed by atoms with Gasteiger partial charge in [-0.2, -0.15) is 0 Å². The van der Waals surface area contributed by atoms with E-state index in [1.807, 2.05) is 0 Å². The van der Waals surface area contributed by atoms with Gasteiger partial charge in [-0.1, -0.05) is 0 Å². The molecule has 0 aliphatic carbocycles. The van der Waals surface area contributed by atoms with Crippen LogP contribution >= 0.6 is 25.0 Å². The number of benzene rings is 1. The maximum absolute atomic E-state index is 12.3. The molecule has 15 heavy (non-hydrogen) atoms. The number of hydrogen-bond donors (Lipinski definition) is 1. The van der Waals surface area contributed by atoms with Crippen LogP contribution in [-0.4, -0.2) is 0 Å². The predicted octanol–water partition coefficient (Wildman–Crippen LogP) is 3.42. The van der Waals surface area contributed by atoms with Gasteiger partial charge in [-0.25, -0.2) is 13.2 Å². The Balaban J connectivity index is -0.0000000667. The monoisotopic (exact) mass is 280 g/mol. The molecule has 0 spiro atoms. The molecule has 0 fully saturated rings. The highest BCUT2D eigenvalue weighted by Crippen LogP contribution is 2.17. The van der Waals surface area contributed by atoms with Crippen molar-refractivity contribution in [2.45, 2.75) is 4.90 Å². The van der Waals surface area contributed by atoms with Crippen LogP contribution in [0.1, 0.15) is 0 Å².